The first-order valence-electron chi connectivity index (χ1n) is 20.8. The Hall–Kier alpha value is -7.54. The third kappa shape index (κ3) is 13.0. The maximum atomic E-state index is 13.6. The SMILES string of the molecule is Cc1ccc(S(=O)(=O)n2cnc(C[C@H](NC(=O)CNC(=O)[C@H](CCCCNC(=O)OCc3ccccc3)NC(=O)OCC3c4ccccc4-c4ccccc43)C(=O)NCC(=O)O)c2)cc1. The van der Waals surface area contributed by atoms with Gasteiger partial charge in [-0.3, -0.25) is 19.2 Å². The van der Waals surface area contributed by atoms with Crippen LogP contribution in [0.4, 0.5) is 9.59 Å². The molecular weight excluding hydrogens is 859 g/mol. The lowest BCUT2D eigenvalue weighted by molar-refractivity contribution is -0.138. The number of carbonyl (C=O) groups is 6. The number of aryl methyl sites for hydroxylation is 1. The maximum Gasteiger partial charge on any atom is 0.407 e. The summed E-state index contributed by atoms with van der Waals surface area (Å²) < 4.78 is 38.2. The number of ether oxygens (including phenoxy) is 2. The Labute approximate surface area is 375 Å². The molecule has 19 heteroatoms. The third-order valence-corrected chi connectivity index (χ3v) is 12.1. The molecule has 0 unspecified atom stereocenters. The highest BCUT2D eigenvalue weighted by molar-refractivity contribution is 7.90. The quantitative estimate of drug-likeness (QED) is 0.0576. The van der Waals surface area contributed by atoms with Crippen molar-refractivity contribution < 1.29 is 51.8 Å². The number of aromatic nitrogens is 2. The Balaban J connectivity index is 1.07. The van der Waals surface area contributed by atoms with Gasteiger partial charge in [-0.05, 0) is 66.1 Å². The number of alkyl carbamates (subject to hydrolysis) is 2. The summed E-state index contributed by atoms with van der Waals surface area (Å²) in [5.41, 5.74) is 5.80. The van der Waals surface area contributed by atoms with E-state index in [2.05, 4.69) is 31.6 Å². The van der Waals surface area contributed by atoms with E-state index >= 15 is 0 Å². The van der Waals surface area contributed by atoms with Gasteiger partial charge in [0.25, 0.3) is 10.0 Å². The third-order valence-electron chi connectivity index (χ3n) is 10.5. The molecule has 5 aromatic rings. The largest absolute Gasteiger partial charge is 0.480 e. The van der Waals surface area contributed by atoms with Gasteiger partial charge in [-0.25, -0.2) is 27.0 Å². The first-order chi connectivity index (χ1) is 31.3. The van der Waals surface area contributed by atoms with Crippen molar-refractivity contribution in [1.82, 2.24) is 35.5 Å². The van der Waals surface area contributed by atoms with Crippen molar-refractivity contribution >= 4 is 45.9 Å². The lowest BCUT2D eigenvalue weighted by atomic mass is 9.98. The van der Waals surface area contributed by atoms with Crippen LogP contribution in [0.25, 0.3) is 11.1 Å². The predicted molar refractivity (Wildman–Crippen MR) is 236 cm³/mol. The summed E-state index contributed by atoms with van der Waals surface area (Å²) in [5, 5.41) is 21.5. The number of imidazole rings is 1. The molecule has 1 heterocycles. The van der Waals surface area contributed by atoms with E-state index < -0.39 is 71.1 Å². The molecule has 18 nitrogen and oxygen atoms in total. The molecule has 0 spiro atoms. The molecule has 0 fully saturated rings. The van der Waals surface area contributed by atoms with Crippen molar-refractivity contribution in [3.63, 3.8) is 0 Å². The van der Waals surface area contributed by atoms with E-state index in [4.69, 9.17) is 14.6 Å². The molecule has 6 rings (SSSR count). The van der Waals surface area contributed by atoms with Crippen molar-refractivity contribution in [2.75, 3.05) is 26.2 Å². The molecule has 0 aliphatic heterocycles. The standard InChI is InChI=1S/C46H49N7O11S/c1-30-18-20-33(21-19-30)65(61,62)53-26-32(50-29-53)23-40(44(58)49-25-42(55)56)51-41(54)24-48-43(57)39(17-9-10-22-47-45(59)63-27-31-11-3-2-4-12-31)52-46(60)64-28-38-36-15-7-5-13-34(36)35-14-6-8-16-37(35)38/h2-8,11-16,18-21,26,29,38-40H,9-10,17,22-25,27-28H2,1H3,(H,47,59)(H,48,57)(H,49,58)(H,51,54)(H,52,60)(H,55,56)/t39-,40-/m0/s1. The fourth-order valence-corrected chi connectivity index (χ4v) is 8.30. The second kappa shape index (κ2) is 22.2. The highest BCUT2D eigenvalue weighted by Gasteiger charge is 2.30. The molecule has 340 valence electrons. The van der Waals surface area contributed by atoms with E-state index in [-0.39, 0.29) is 49.1 Å². The van der Waals surface area contributed by atoms with Crippen LogP contribution < -0.4 is 26.6 Å². The van der Waals surface area contributed by atoms with Gasteiger partial charge in [0.15, 0.2) is 0 Å². The summed E-state index contributed by atoms with van der Waals surface area (Å²) >= 11 is 0. The molecule has 0 saturated carbocycles. The van der Waals surface area contributed by atoms with Gasteiger partial charge in [0.2, 0.25) is 17.7 Å². The van der Waals surface area contributed by atoms with E-state index in [0.29, 0.717) is 12.8 Å². The number of fused-ring (bicyclic) bond motifs is 3. The van der Waals surface area contributed by atoms with E-state index in [1.165, 1.54) is 18.3 Å². The fraction of sp³-hybridized carbons (Fsp3) is 0.283. The van der Waals surface area contributed by atoms with E-state index in [1.807, 2.05) is 78.9 Å². The van der Waals surface area contributed by atoms with Gasteiger partial charge >= 0.3 is 18.2 Å². The molecule has 2 atom stereocenters. The van der Waals surface area contributed by atoms with Gasteiger partial charge in [0.1, 0.15) is 38.2 Å². The van der Waals surface area contributed by atoms with Gasteiger partial charge in [0.05, 0.1) is 17.1 Å². The van der Waals surface area contributed by atoms with Crippen LogP contribution >= 0.6 is 0 Å². The van der Waals surface area contributed by atoms with Gasteiger partial charge < -0.3 is 41.2 Å². The van der Waals surface area contributed by atoms with Crippen LogP contribution in [0.2, 0.25) is 0 Å². The molecule has 5 amide bonds. The maximum absolute atomic E-state index is 13.6. The van der Waals surface area contributed by atoms with Crippen LogP contribution in [0, 0.1) is 6.92 Å². The average Bonchev–Trinajstić information content (AvgIpc) is 3.91. The van der Waals surface area contributed by atoms with Crippen LogP contribution in [-0.2, 0) is 51.7 Å². The minimum Gasteiger partial charge on any atom is -0.480 e. The monoisotopic (exact) mass is 907 g/mol. The number of benzene rings is 4. The van der Waals surface area contributed by atoms with E-state index in [1.54, 1.807) is 19.1 Å². The zero-order chi connectivity index (χ0) is 46.3. The molecule has 6 N–H and O–H groups in total. The first-order valence-corrected chi connectivity index (χ1v) is 22.2. The van der Waals surface area contributed by atoms with Crippen LogP contribution in [0.3, 0.4) is 0 Å². The molecule has 1 aliphatic carbocycles. The second-order valence-corrected chi connectivity index (χ2v) is 17.0. The van der Waals surface area contributed by atoms with Crippen molar-refractivity contribution in [3.05, 3.63) is 144 Å². The first kappa shape index (κ1) is 47.0. The molecule has 0 saturated heterocycles. The Morgan fingerprint density at radius 3 is 2.03 bits per heavy atom. The summed E-state index contributed by atoms with van der Waals surface area (Å²) in [6, 6.07) is 28.3. The number of rotatable bonds is 21. The smallest absolute Gasteiger partial charge is 0.407 e. The Morgan fingerprint density at radius 2 is 1.35 bits per heavy atom. The number of aliphatic carboxylic acids is 1. The number of carboxylic acid groups (broad SMARTS) is 1. The number of nitrogens with one attached hydrogen (secondary N) is 5. The number of carboxylic acids is 1. The second-order valence-electron chi connectivity index (χ2n) is 15.2. The zero-order valence-electron chi connectivity index (χ0n) is 35.4. The minimum absolute atomic E-state index is 0.00540. The number of unbranched alkanes of at least 4 members (excludes halogenated alkanes) is 1. The Bertz CT molecular complexity index is 2560. The van der Waals surface area contributed by atoms with Gasteiger partial charge in [-0.2, -0.15) is 0 Å². The zero-order valence-corrected chi connectivity index (χ0v) is 36.2. The minimum atomic E-state index is -4.05. The molecule has 4 aromatic carbocycles. The Kier molecular flexibility index (Phi) is 16.0. The van der Waals surface area contributed by atoms with Crippen molar-refractivity contribution in [1.29, 1.82) is 0 Å². The van der Waals surface area contributed by atoms with Crippen molar-refractivity contribution in [2.45, 2.75) is 62.1 Å². The summed E-state index contributed by atoms with van der Waals surface area (Å²) in [6.45, 7) is 0.634. The molecule has 1 aromatic heterocycles. The number of hydrogen-bond acceptors (Lipinski definition) is 11. The van der Waals surface area contributed by atoms with Crippen LogP contribution in [0.1, 0.15) is 53.1 Å². The van der Waals surface area contributed by atoms with Gasteiger partial charge in [-0.15, -0.1) is 0 Å². The molecule has 65 heavy (non-hydrogen) atoms. The predicted octanol–water partition coefficient (Wildman–Crippen LogP) is 3.78. The number of nitrogens with zero attached hydrogens (tertiary/aromatic N) is 2. The summed E-state index contributed by atoms with van der Waals surface area (Å²) in [7, 11) is -4.05. The lowest BCUT2D eigenvalue weighted by Crippen LogP contribution is -2.53. The van der Waals surface area contributed by atoms with Gasteiger partial charge in [-0.1, -0.05) is 96.6 Å². The molecular formula is C46H49N7O11S. The van der Waals surface area contributed by atoms with E-state index in [9.17, 15) is 37.2 Å². The fourth-order valence-electron chi connectivity index (χ4n) is 7.14. The Morgan fingerprint density at radius 1 is 0.723 bits per heavy atom. The highest BCUT2D eigenvalue weighted by Crippen LogP contribution is 2.44. The number of amides is 5. The summed E-state index contributed by atoms with van der Waals surface area (Å²) in [4.78, 5) is 80.8. The van der Waals surface area contributed by atoms with E-state index in [0.717, 1.165) is 43.7 Å². The highest BCUT2D eigenvalue weighted by atomic mass is 32.2. The normalized spacial score (nSPS) is 12.7. The summed E-state index contributed by atoms with van der Waals surface area (Å²) in [5.74, 6) is -4.12. The number of carbonyl (C=O) groups excluding carboxylic acids is 5. The summed E-state index contributed by atoms with van der Waals surface area (Å²) in [6.07, 6.45) is 1.17. The van der Waals surface area contributed by atoms with Crippen molar-refractivity contribution in [3.8, 4) is 11.1 Å². The average molecular weight is 908 g/mol. The van der Waals surface area contributed by atoms with Crippen LogP contribution in [0.5, 0.6) is 0 Å². The topological polar surface area (TPSA) is 253 Å². The molecule has 1 aliphatic rings. The van der Waals surface area contributed by atoms with Crippen LogP contribution in [0.15, 0.2) is 121 Å². The van der Waals surface area contributed by atoms with Crippen molar-refractivity contribution in [2.24, 2.45) is 0 Å². The van der Waals surface area contributed by atoms with Gasteiger partial charge in [0, 0.05) is 25.1 Å². The molecule has 0 radical (unpaired) electrons. The lowest BCUT2D eigenvalue weighted by Gasteiger charge is -2.21. The van der Waals surface area contributed by atoms with Crippen LogP contribution in [-0.4, -0.2) is 96.7 Å². The number of hydrogen-bond donors (Lipinski definition) is 6. The molecule has 0 bridgehead atoms.